The van der Waals surface area contributed by atoms with Gasteiger partial charge in [-0.25, -0.2) is 14.5 Å². The fourth-order valence-corrected chi connectivity index (χ4v) is 3.67. The molecule has 0 radical (unpaired) electrons. The number of methoxy groups -OCH3 is 1. The largest absolute Gasteiger partial charge is 0.494 e. The van der Waals surface area contributed by atoms with E-state index in [4.69, 9.17) is 4.74 Å². The van der Waals surface area contributed by atoms with Crippen molar-refractivity contribution in [3.05, 3.63) is 70.4 Å². The molecule has 1 aromatic carbocycles. The summed E-state index contributed by atoms with van der Waals surface area (Å²) in [4.78, 5) is 37.6. The van der Waals surface area contributed by atoms with Crippen LogP contribution in [0.2, 0.25) is 0 Å². The van der Waals surface area contributed by atoms with Crippen LogP contribution < -0.4 is 15.3 Å². The van der Waals surface area contributed by atoms with E-state index in [-0.39, 0.29) is 24.3 Å². The molecule has 1 atom stereocenters. The quantitative estimate of drug-likeness (QED) is 0.535. The summed E-state index contributed by atoms with van der Waals surface area (Å²) in [5.74, 6) is -1.00. The second kappa shape index (κ2) is 10.2. The molecule has 174 valence electrons. The lowest BCUT2D eigenvalue weighted by atomic mass is 10.0. The van der Waals surface area contributed by atoms with Crippen LogP contribution in [0.3, 0.4) is 0 Å². The number of nitrogens with zero attached hydrogens (tertiary/aromatic N) is 4. The van der Waals surface area contributed by atoms with Crippen LogP contribution in [-0.2, 0) is 23.1 Å². The summed E-state index contributed by atoms with van der Waals surface area (Å²) in [5.41, 5.74) is 2.34. The maximum atomic E-state index is 12.9. The van der Waals surface area contributed by atoms with Gasteiger partial charge in [0.2, 0.25) is 5.91 Å². The van der Waals surface area contributed by atoms with Gasteiger partial charge in [-0.15, -0.1) is 0 Å². The zero-order valence-corrected chi connectivity index (χ0v) is 19.2. The number of amides is 1. The number of rotatable bonds is 9. The Balaban J connectivity index is 1.95. The van der Waals surface area contributed by atoms with Crippen LogP contribution >= 0.6 is 0 Å². The van der Waals surface area contributed by atoms with E-state index in [0.29, 0.717) is 28.9 Å². The molecule has 3 rings (SSSR count). The average molecular weight is 453 g/mol. The average Bonchev–Trinajstić information content (AvgIpc) is 3.21. The number of hydrogen-bond acceptors (Lipinski definition) is 5. The van der Waals surface area contributed by atoms with Crippen molar-refractivity contribution < 1.29 is 19.4 Å². The van der Waals surface area contributed by atoms with Gasteiger partial charge in [0.25, 0.3) is 5.56 Å². The third-order valence-corrected chi connectivity index (χ3v) is 5.37. The Kier molecular flexibility index (Phi) is 7.32. The van der Waals surface area contributed by atoms with Crippen LogP contribution in [0.5, 0.6) is 5.75 Å². The summed E-state index contributed by atoms with van der Waals surface area (Å²) >= 11 is 0. The van der Waals surface area contributed by atoms with E-state index in [1.54, 1.807) is 48.4 Å². The number of carboxylic acid groups (broad SMARTS) is 1. The van der Waals surface area contributed by atoms with Crippen LogP contribution in [0.4, 0.5) is 0 Å². The Morgan fingerprint density at radius 2 is 1.91 bits per heavy atom. The number of carbonyl (C=O) groups excluding carboxylic acids is 1. The predicted molar refractivity (Wildman–Crippen MR) is 124 cm³/mol. The van der Waals surface area contributed by atoms with E-state index in [2.05, 4.69) is 5.10 Å². The van der Waals surface area contributed by atoms with Crippen LogP contribution in [0, 0.1) is 6.92 Å². The second-order valence-electron chi connectivity index (χ2n) is 7.83. The molecule has 0 spiro atoms. The third-order valence-electron chi connectivity index (χ3n) is 5.37. The molecule has 2 aromatic heterocycles. The monoisotopic (exact) mass is 452 g/mol. The van der Waals surface area contributed by atoms with Gasteiger partial charge in [0.15, 0.2) is 11.8 Å². The van der Waals surface area contributed by atoms with Crippen molar-refractivity contribution in [2.75, 3.05) is 12.1 Å². The first kappa shape index (κ1) is 23.8. The molecule has 0 aliphatic heterocycles. The number of carboxylic acids is 1. The highest BCUT2D eigenvalue weighted by Gasteiger charge is 2.31. The normalized spacial score (nSPS) is 11.8. The lowest BCUT2D eigenvalue weighted by Gasteiger charge is -2.30. The van der Waals surface area contributed by atoms with Gasteiger partial charge >= 0.3 is 5.97 Å². The number of ether oxygens (including phenoxy) is 1. The van der Waals surface area contributed by atoms with Gasteiger partial charge < -0.3 is 9.84 Å². The van der Waals surface area contributed by atoms with Gasteiger partial charge in [-0.05, 0) is 36.1 Å². The van der Waals surface area contributed by atoms with Crippen molar-refractivity contribution in [2.45, 2.75) is 39.2 Å². The van der Waals surface area contributed by atoms with Crippen LogP contribution in [0.15, 0.2) is 53.7 Å². The minimum Gasteiger partial charge on any atom is -0.494 e. The second-order valence-corrected chi connectivity index (χ2v) is 7.83. The molecule has 0 fully saturated rings. The van der Waals surface area contributed by atoms with Crippen molar-refractivity contribution in [3.63, 3.8) is 0 Å². The number of aliphatic carboxylic acids is 1. The van der Waals surface area contributed by atoms with Gasteiger partial charge in [0.1, 0.15) is 0 Å². The van der Waals surface area contributed by atoms with Crippen molar-refractivity contribution >= 4 is 11.9 Å². The maximum Gasteiger partial charge on any atom is 0.328 e. The minimum atomic E-state index is -1.10. The Morgan fingerprint density at radius 3 is 2.45 bits per heavy atom. The lowest BCUT2D eigenvalue weighted by Crippen LogP contribution is -2.52. The standard InChI is InChI=1S/C24H28N4O5/c1-5-6-21(29)28(27-12-11-16(2)15-27)19(24(31)32)13-17-7-9-18(10-8-17)22-20(33-4)14-25-26(3)23(22)30/h7-12,14-15,19H,5-6,13H2,1-4H3,(H,31,32). The molecule has 2 heterocycles. The number of aromatic nitrogens is 3. The fraction of sp³-hybridized carbons (Fsp3) is 0.333. The summed E-state index contributed by atoms with van der Waals surface area (Å²) in [6.07, 6.45) is 5.85. The predicted octanol–water partition coefficient (Wildman–Crippen LogP) is 2.53. The zero-order chi connectivity index (χ0) is 24.1. The smallest absolute Gasteiger partial charge is 0.328 e. The number of benzene rings is 1. The molecule has 0 aliphatic carbocycles. The van der Waals surface area contributed by atoms with Gasteiger partial charge in [-0.3, -0.25) is 14.3 Å². The van der Waals surface area contributed by atoms with E-state index >= 15 is 0 Å². The minimum absolute atomic E-state index is 0.105. The summed E-state index contributed by atoms with van der Waals surface area (Å²) in [7, 11) is 3.03. The molecule has 1 unspecified atom stereocenters. The van der Waals surface area contributed by atoms with Gasteiger partial charge in [0.05, 0.1) is 18.9 Å². The molecule has 1 N–H and O–H groups in total. The van der Waals surface area contributed by atoms with Gasteiger partial charge in [-0.1, -0.05) is 31.2 Å². The van der Waals surface area contributed by atoms with E-state index in [1.807, 2.05) is 19.9 Å². The fourth-order valence-electron chi connectivity index (χ4n) is 3.67. The van der Waals surface area contributed by atoms with E-state index in [1.165, 1.54) is 23.0 Å². The third kappa shape index (κ3) is 5.14. The molecule has 33 heavy (non-hydrogen) atoms. The highest BCUT2D eigenvalue weighted by atomic mass is 16.5. The van der Waals surface area contributed by atoms with Crippen LogP contribution in [-0.4, -0.2) is 44.6 Å². The molecule has 1 amide bonds. The van der Waals surface area contributed by atoms with Crippen molar-refractivity contribution in [1.82, 2.24) is 14.5 Å². The summed E-state index contributed by atoms with van der Waals surface area (Å²) in [6, 6.07) is 7.73. The number of carbonyl (C=O) groups is 2. The zero-order valence-electron chi connectivity index (χ0n) is 19.2. The topological polar surface area (TPSA) is 107 Å². The van der Waals surface area contributed by atoms with E-state index in [9.17, 15) is 19.5 Å². The highest BCUT2D eigenvalue weighted by molar-refractivity contribution is 5.93. The van der Waals surface area contributed by atoms with E-state index in [0.717, 1.165) is 5.56 Å². The van der Waals surface area contributed by atoms with Crippen molar-refractivity contribution in [2.24, 2.45) is 7.05 Å². The molecular formula is C24H28N4O5. The molecule has 0 saturated carbocycles. The lowest BCUT2D eigenvalue weighted by molar-refractivity contribution is -0.141. The summed E-state index contributed by atoms with van der Waals surface area (Å²) in [6.45, 7) is 3.76. The first-order valence-electron chi connectivity index (χ1n) is 10.7. The molecule has 9 nitrogen and oxygen atoms in total. The molecule has 3 aromatic rings. The Morgan fingerprint density at radius 1 is 1.21 bits per heavy atom. The van der Waals surface area contributed by atoms with Crippen molar-refractivity contribution in [1.29, 1.82) is 0 Å². The molecular weight excluding hydrogens is 424 g/mol. The number of aryl methyl sites for hydroxylation is 2. The maximum absolute atomic E-state index is 12.9. The highest BCUT2D eigenvalue weighted by Crippen LogP contribution is 2.26. The first-order chi connectivity index (χ1) is 15.8. The first-order valence-corrected chi connectivity index (χ1v) is 10.7. The van der Waals surface area contributed by atoms with E-state index < -0.39 is 12.0 Å². The van der Waals surface area contributed by atoms with Gasteiger partial charge in [-0.2, -0.15) is 5.10 Å². The Labute approximate surface area is 191 Å². The SMILES string of the molecule is CCCC(=O)N(C(Cc1ccc(-c2c(OC)cnn(C)c2=O)cc1)C(=O)O)n1ccc(C)c1. The van der Waals surface area contributed by atoms with Crippen LogP contribution in [0.1, 0.15) is 30.9 Å². The molecule has 9 heteroatoms. The summed E-state index contributed by atoms with van der Waals surface area (Å²) in [5, 5.41) is 15.3. The number of hydrogen-bond donors (Lipinski definition) is 1. The molecule has 0 aliphatic rings. The Hall–Kier alpha value is -3.88. The van der Waals surface area contributed by atoms with Crippen LogP contribution in [0.25, 0.3) is 11.1 Å². The van der Waals surface area contributed by atoms with Gasteiger partial charge in [0, 0.05) is 32.3 Å². The molecule has 0 bridgehead atoms. The Bertz CT molecular complexity index is 1200. The summed E-state index contributed by atoms with van der Waals surface area (Å²) < 4.78 is 8.07. The van der Waals surface area contributed by atoms with Crippen molar-refractivity contribution in [3.8, 4) is 16.9 Å². The molecule has 0 saturated heterocycles.